The minimum Gasteiger partial charge on any atom is -0.374 e. The van der Waals surface area contributed by atoms with E-state index in [0.29, 0.717) is 17.4 Å². The van der Waals surface area contributed by atoms with Crippen molar-refractivity contribution in [3.8, 4) is 0 Å². The van der Waals surface area contributed by atoms with Crippen LogP contribution in [0.1, 0.15) is 30.6 Å². The molecule has 1 saturated heterocycles. The monoisotopic (exact) mass is 323 g/mol. The molecular weight excluding hydrogens is 306 g/mol. The predicted molar refractivity (Wildman–Crippen MR) is 86.5 cm³/mol. The lowest BCUT2D eigenvalue weighted by atomic mass is 9.90. The lowest BCUT2D eigenvalue weighted by Crippen LogP contribution is -2.53. The predicted octanol–water partition coefficient (Wildman–Crippen LogP) is 3.80. The summed E-state index contributed by atoms with van der Waals surface area (Å²) in [7, 11) is 0. The van der Waals surface area contributed by atoms with E-state index in [1.807, 2.05) is 0 Å². The number of thiophene rings is 1. The second kappa shape index (κ2) is 5.38. The van der Waals surface area contributed by atoms with E-state index >= 15 is 0 Å². The quantitative estimate of drug-likeness (QED) is 0.748. The van der Waals surface area contributed by atoms with E-state index in [1.54, 1.807) is 11.3 Å². The largest absolute Gasteiger partial charge is 0.374 e. The van der Waals surface area contributed by atoms with Crippen LogP contribution in [0.2, 0.25) is 5.28 Å². The number of ether oxygens (including phenoxy) is 1. The highest BCUT2D eigenvalue weighted by molar-refractivity contribution is 7.18. The van der Waals surface area contributed by atoms with Crippen LogP contribution in [-0.4, -0.2) is 35.3 Å². The summed E-state index contributed by atoms with van der Waals surface area (Å²) in [5.74, 6) is 0.995. The summed E-state index contributed by atoms with van der Waals surface area (Å²) in [6.07, 6.45) is 5.22. The number of hydrogen-bond donors (Lipinski definition) is 0. The summed E-state index contributed by atoms with van der Waals surface area (Å²) >= 11 is 7.83. The molecule has 0 N–H and O–H groups in total. The van der Waals surface area contributed by atoms with Gasteiger partial charge in [0.05, 0.1) is 24.1 Å². The minimum absolute atomic E-state index is 0.344. The molecule has 0 aromatic carbocycles. The van der Waals surface area contributed by atoms with Crippen LogP contribution in [-0.2, 0) is 4.74 Å². The maximum Gasteiger partial charge on any atom is 0.225 e. The van der Waals surface area contributed by atoms with Crippen LogP contribution in [0, 0.1) is 6.92 Å². The van der Waals surface area contributed by atoms with Crippen LogP contribution in [0.15, 0.2) is 6.07 Å². The van der Waals surface area contributed by atoms with Crippen LogP contribution in [0.5, 0.6) is 0 Å². The zero-order valence-corrected chi connectivity index (χ0v) is 13.6. The number of hydrogen-bond acceptors (Lipinski definition) is 5. The first kappa shape index (κ1) is 13.7. The Kier molecular flexibility index (Phi) is 3.52. The van der Waals surface area contributed by atoms with Gasteiger partial charge in [-0.25, -0.2) is 4.98 Å². The van der Waals surface area contributed by atoms with Gasteiger partial charge in [-0.05, 0) is 37.4 Å². The second-order valence-electron chi connectivity index (χ2n) is 5.85. The Morgan fingerprint density at radius 3 is 3.10 bits per heavy atom. The number of fused-ring (bicyclic) bond motifs is 2. The van der Waals surface area contributed by atoms with Gasteiger partial charge < -0.3 is 9.64 Å². The molecule has 112 valence electrons. The molecule has 1 aliphatic carbocycles. The summed E-state index contributed by atoms with van der Waals surface area (Å²) in [5, 5.41) is 1.48. The Morgan fingerprint density at radius 1 is 1.33 bits per heavy atom. The molecule has 4 nitrogen and oxygen atoms in total. The standard InChI is InChI=1S/C15H18ClN3OS/c1-9-8-10-13(17-15(16)18-14(10)21-9)19-6-7-20-12-5-3-2-4-11(12)19/h8,11-12H,2-7H2,1H3. The number of morpholine rings is 1. The van der Waals surface area contributed by atoms with Crippen LogP contribution >= 0.6 is 22.9 Å². The highest BCUT2D eigenvalue weighted by Crippen LogP contribution is 2.37. The van der Waals surface area contributed by atoms with Gasteiger partial charge in [0.1, 0.15) is 10.6 Å². The Labute approximate surface area is 133 Å². The number of aryl methyl sites for hydroxylation is 1. The lowest BCUT2D eigenvalue weighted by Gasteiger charge is -2.44. The van der Waals surface area contributed by atoms with Crippen molar-refractivity contribution >= 4 is 39.0 Å². The molecule has 2 aliphatic rings. The Bertz CT molecular complexity index is 672. The van der Waals surface area contributed by atoms with E-state index in [0.717, 1.165) is 35.6 Å². The molecule has 1 saturated carbocycles. The molecule has 0 spiro atoms. The van der Waals surface area contributed by atoms with E-state index in [-0.39, 0.29) is 0 Å². The fourth-order valence-electron chi connectivity index (χ4n) is 3.58. The third-order valence-electron chi connectivity index (χ3n) is 4.47. The first-order valence-corrected chi connectivity index (χ1v) is 8.74. The van der Waals surface area contributed by atoms with Crippen LogP contribution in [0.4, 0.5) is 5.82 Å². The van der Waals surface area contributed by atoms with Crippen LogP contribution in [0.25, 0.3) is 10.2 Å². The van der Waals surface area contributed by atoms with Crippen molar-refractivity contribution in [3.05, 3.63) is 16.2 Å². The summed E-state index contributed by atoms with van der Waals surface area (Å²) in [6.45, 7) is 3.76. The molecule has 2 atom stereocenters. The first-order valence-electron chi connectivity index (χ1n) is 7.54. The van der Waals surface area contributed by atoms with Crippen molar-refractivity contribution < 1.29 is 4.74 Å². The second-order valence-corrected chi connectivity index (χ2v) is 7.42. The van der Waals surface area contributed by atoms with Crippen molar-refractivity contribution in [2.24, 2.45) is 0 Å². The van der Waals surface area contributed by atoms with Gasteiger partial charge in [-0.1, -0.05) is 12.8 Å². The van der Waals surface area contributed by atoms with Crippen LogP contribution in [0.3, 0.4) is 0 Å². The van der Waals surface area contributed by atoms with Crippen molar-refractivity contribution in [1.29, 1.82) is 0 Å². The highest BCUT2D eigenvalue weighted by atomic mass is 35.5. The Hall–Kier alpha value is -0.910. The molecule has 2 aromatic heterocycles. The number of rotatable bonds is 1. The van der Waals surface area contributed by atoms with Crippen molar-refractivity contribution in [1.82, 2.24) is 9.97 Å². The van der Waals surface area contributed by atoms with Crippen molar-refractivity contribution in [3.63, 3.8) is 0 Å². The van der Waals surface area contributed by atoms with E-state index in [1.165, 1.54) is 24.1 Å². The Morgan fingerprint density at radius 2 is 2.19 bits per heavy atom. The first-order chi connectivity index (χ1) is 10.2. The van der Waals surface area contributed by atoms with Crippen molar-refractivity contribution in [2.75, 3.05) is 18.1 Å². The number of aromatic nitrogens is 2. The van der Waals surface area contributed by atoms with Crippen LogP contribution < -0.4 is 4.90 Å². The molecular formula is C15H18ClN3OS. The molecule has 2 aromatic rings. The fraction of sp³-hybridized carbons (Fsp3) is 0.600. The van der Waals surface area contributed by atoms with Gasteiger partial charge in [0.2, 0.25) is 5.28 Å². The zero-order valence-electron chi connectivity index (χ0n) is 12.0. The number of halogens is 1. The van der Waals surface area contributed by atoms with Gasteiger partial charge in [-0.2, -0.15) is 4.98 Å². The Balaban J connectivity index is 1.80. The summed E-state index contributed by atoms with van der Waals surface area (Å²) in [6, 6.07) is 2.61. The molecule has 6 heteroatoms. The summed E-state index contributed by atoms with van der Waals surface area (Å²) < 4.78 is 5.97. The van der Waals surface area contributed by atoms with Gasteiger partial charge in [0, 0.05) is 11.4 Å². The van der Waals surface area contributed by atoms with E-state index in [4.69, 9.17) is 16.3 Å². The third kappa shape index (κ3) is 2.41. The molecule has 4 rings (SSSR count). The molecule has 0 bridgehead atoms. The minimum atomic E-state index is 0.344. The van der Waals surface area contributed by atoms with Gasteiger partial charge >= 0.3 is 0 Å². The fourth-order valence-corrected chi connectivity index (χ4v) is 4.67. The molecule has 2 unspecified atom stereocenters. The summed E-state index contributed by atoms with van der Waals surface area (Å²) in [5.41, 5.74) is 0. The zero-order chi connectivity index (χ0) is 14.4. The smallest absolute Gasteiger partial charge is 0.225 e. The average Bonchev–Trinajstić information content (AvgIpc) is 2.86. The maximum atomic E-state index is 6.15. The van der Waals surface area contributed by atoms with Gasteiger partial charge in [0.25, 0.3) is 0 Å². The average molecular weight is 324 g/mol. The molecule has 3 heterocycles. The third-order valence-corrected chi connectivity index (χ3v) is 5.59. The lowest BCUT2D eigenvalue weighted by molar-refractivity contribution is -0.00887. The van der Waals surface area contributed by atoms with Crippen molar-refractivity contribution in [2.45, 2.75) is 44.8 Å². The molecule has 0 amide bonds. The topological polar surface area (TPSA) is 38.2 Å². The molecule has 0 radical (unpaired) electrons. The highest BCUT2D eigenvalue weighted by Gasteiger charge is 2.35. The SMILES string of the molecule is Cc1cc2c(N3CCOC4CCCCC43)nc(Cl)nc2s1. The van der Waals surface area contributed by atoms with Gasteiger partial charge in [-0.15, -0.1) is 11.3 Å². The van der Waals surface area contributed by atoms with E-state index < -0.39 is 0 Å². The molecule has 1 aliphatic heterocycles. The number of nitrogens with zero attached hydrogens (tertiary/aromatic N) is 3. The van der Waals surface area contributed by atoms with Gasteiger partial charge in [-0.3, -0.25) is 0 Å². The van der Waals surface area contributed by atoms with E-state index in [2.05, 4.69) is 27.9 Å². The van der Waals surface area contributed by atoms with Gasteiger partial charge in [0.15, 0.2) is 0 Å². The summed E-state index contributed by atoms with van der Waals surface area (Å²) in [4.78, 5) is 13.6. The molecule has 2 fully saturated rings. The number of anilines is 1. The molecule has 21 heavy (non-hydrogen) atoms. The maximum absolute atomic E-state index is 6.15. The van der Waals surface area contributed by atoms with E-state index in [9.17, 15) is 0 Å². The normalized spacial score (nSPS) is 26.1.